The maximum atomic E-state index is 11.8. The van der Waals surface area contributed by atoms with Gasteiger partial charge in [0.1, 0.15) is 28.7 Å². The minimum absolute atomic E-state index is 0.0524. The number of amides is 1. The highest BCUT2D eigenvalue weighted by Gasteiger charge is 2.24. The second-order valence-electron chi connectivity index (χ2n) is 7.80. The summed E-state index contributed by atoms with van der Waals surface area (Å²) in [4.78, 5) is 32.1. The number of anilines is 3. The van der Waals surface area contributed by atoms with Gasteiger partial charge in [0.25, 0.3) is 0 Å². The number of piperidine rings is 1. The molecule has 0 atom stereocenters. The molecule has 32 heavy (non-hydrogen) atoms. The summed E-state index contributed by atoms with van der Waals surface area (Å²) < 4.78 is 6.14. The highest BCUT2D eigenvalue weighted by Crippen LogP contribution is 2.27. The predicted molar refractivity (Wildman–Crippen MR) is 122 cm³/mol. The van der Waals surface area contributed by atoms with E-state index in [2.05, 4.69) is 49.8 Å². The molecule has 0 aliphatic carbocycles. The van der Waals surface area contributed by atoms with Crippen LogP contribution < -0.4 is 15.0 Å². The number of hydrogen-bond donors (Lipinski definition) is 1. The van der Waals surface area contributed by atoms with Crippen molar-refractivity contribution in [3.8, 4) is 12.1 Å². The van der Waals surface area contributed by atoms with Crippen LogP contribution >= 0.6 is 11.3 Å². The molecule has 4 rings (SSSR count). The van der Waals surface area contributed by atoms with Crippen molar-refractivity contribution in [2.24, 2.45) is 0 Å². The summed E-state index contributed by atoms with van der Waals surface area (Å²) in [5.41, 5.74) is 0. The second kappa shape index (κ2) is 9.93. The fraction of sp³-hybridized carbons (Fsp3) is 0.476. The van der Waals surface area contributed by atoms with E-state index in [0.29, 0.717) is 47.8 Å². The van der Waals surface area contributed by atoms with Gasteiger partial charge in [-0.1, -0.05) is 17.9 Å². The highest BCUT2D eigenvalue weighted by atomic mass is 32.1. The zero-order valence-electron chi connectivity index (χ0n) is 18.0. The SMILES string of the molecule is C=CC(=O)N1CCC(Oc2nc(Nc3ncc(C#N)s3)cc(N3CCN(C)CC3)n2)CC1. The van der Waals surface area contributed by atoms with Crippen LogP contribution in [0.2, 0.25) is 0 Å². The number of ether oxygens (including phenoxy) is 1. The smallest absolute Gasteiger partial charge is 0.320 e. The normalized spacial score (nSPS) is 17.6. The first-order valence-corrected chi connectivity index (χ1v) is 11.4. The number of likely N-dealkylation sites (tertiary alicyclic amines) is 1. The number of aromatic nitrogens is 3. The van der Waals surface area contributed by atoms with E-state index in [-0.39, 0.29) is 12.0 Å². The molecule has 0 spiro atoms. The van der Waals surface area contributed by atoms with Gasteiger partial charge in [-0.05, 0) is 13.1 Å². The Balaban J connectivity index is 1.51. The standard InChI is InChI=1S/C21H26N8O2S/c1-3-19(30)29-6-4-15(5-7-29)31-20-24-17(25-21-23-14-16(13-22)32-21)12-18(26-20)28-10-8-27(2)9-11-28/h3,12,14-15H,1,4-11H2,2H3,(H,23,24,25,26). The van der Waals surface area contributed by atoms with Crippen molar-refractivity contribution in [1.82, 2.24) is 24.8 Å². The third kappa shape index (κ3) is 5.33. The molecule has 0 saturated carbocycles. The fourth-order valence-electron chi connectivity index (χ4n) is 3.69. The van der Waals surface area contributed by atoms with E-state index in [4.69, 9.17) is 10.00 Å². The number of rotatable bonds is 6. The maximum absolute atomic E-state index is 11.8. The molecule has 2 aliphatic heterocycles. The summed E-state index contributed by atoms with van der Waals surface area (Å²) in [7, 11) is 2.11. The first kappa shape index (κ1) is 22.0. The lowest BCUT2D eigenvalue weighted by Crippen LogP contribution is -2.45. The predicted octanol–water partition coefficient (Wildman–Crippen LogP) is 1.86. The van der Waals surface area contributed by atoms with E-state index in [0.717, 1.165) is 32.0 Å². The Hall–Kier alpha value is -3.23. The molecule has 10 nitrogen and oxygen atoms in total. The van der Waals surface area contributed by atoms with E-state index in [1.165, 1.54) is 23.6 Å². The summed E-state index contributed by atoms with van der Waals surface area (Å²) in [6.07, 6.45) is 4.23. The number of nitriles is 1. The van der Waals surface area contributed by atoms with Crippen molar-refractivity contribution in [2.75, 3.05) is 56.5 Å². The summed E-state index contributed by atoms with van der Waals surface area (Å²) in [5, 5.41) is 12.8. The third-order valence-electron chi connectivity index (χ3n) is 5.57. The van der Waals surface area contributed by atoms with Crippen molar-refractivity contribution in [3.05, 3.63) is 29.8 Å². The number of hydrogen-bond acceptors (Lipinski definition) is 10. The molecule has 0 aromatic carbocycles. The van der Waals surface area contributed by atoms with Crippen LogP contribution in [-0.2, 0) is 4.79 Å². The van der Waals surface area contributed by atoms with Crippen molar-refractivity contribution in [3.63, 3.8) is 0 Å². The Morgan fingerprint density at radius 1 is 1.28 bits per heavy atom. The van der Waals surface area contributed by atoms with E-state index < -0.39 is 0 Å². The van der Waals surface area contributed by atoms with Crippen LogP contribution in [0.25, 0.3) is 0 Å². The van der Waals surface area contributed by atoms with Gasteiger partial charge in [0, 0.05) is 58.2 Å². The third-order valence-corrected chi connectivity index (χ3v) is 6.39. The van der Waals surface area contributed by atoms with Crippen LogP contribution in [0, 0.1) is 11.3 Å². The Bertz CT molecular complexity index is 1000. The Labute approximate surface area is 191 Å². The zero-order chi connectivity index (χ0) is 22.5. The minimum Gasteiger partial charge on any atom is -0.460 e. The molecule has 1 amide bonds. The molecule has 0 unspecified atom stereocenters. The van der Waals surface area contributed by atoms with E-state index in [1.807, 2.05) is 6.07 Å². The van der Waals surface area contributed by atoms with Crippen LogP contribution in [0.1, 0.15) is 17.7 Å². The summed E-state index contributed by atoms with van der Waals surface area (Å²) in [5.74, 6) is 1.31. The Morgan fingerprint density at radius 3 is 2.69 bits per heavy atom. The van der Waals surface area contributed by atoms with Crippen LogP contribution in [0.4, 0.5) is 16.8 Å². The Morgan fingerprint density at radius 2 is 2.03 bits per heavy atom. The number of carbonyl (C=O) groups excluding carboxylic acids is 1. The van der Waals surface area contributed by atoms with Crippen LogP contribution in [-0.4, -0.2) is 83.1 Å². The second-order valence-corrected chi connectivity index (χ2v) is 8.83. The van der Waals surface area contributed by atoms with Crippen molar-refractivity contribution >= 4 is 34.0 Å². The summed E-state index contributed by atoms with van der Waals surface area (Å²) in [6.45, 7) is 8.43. The molecule has 4 heterocycles. The monoisotopic (exact) mass is 454 g/mol. The highest BCUT2D eigenvalue weighted by molar-refractivity contribution is 7.16. The largest absolute Gasteiger partial charge is 0.460 e. The zero-order valence-corrected chi connectivity index (χ0v) is 18.8. The van der Waals surface area contributed by atoms with Gasteiger partial charge in [-0.2, -0.15) is 15.2 Å². The molecule has 2 aromatic rings. The van der Waals surface area contributed by atoms with Crippen molar-refractivity contribution in [2.45, 2.75) is 18.9 Å². The van der Waals surface area contributed by atoms with Gasteiger partial charge in [0.15, 0.2) is 5.13 Å². The molecule has 2 aromatic heterocycles. The van der Waals surface area contributed by atoms with Gasteiger partial charge in [0.2, 0.25) is 5.91 Å². The van der Waals surface area contributed by atoms with Gasteiger partial charge in [-0.25, -0.2) is 4.98 Å². The van der Waals surface area contributed by atoms with Gasteiger partial charge in [-0.3, -0.25) is 4.79 Å². The summed E-state index contributed by atoms with van der Waals surface area (Å²) in [6, 6.07) is 4.28. The van der Waals surface area contributed by atoms with Gasteiger partial charge >= 0.3 is 6.01 Å². The lowest BCUT2D eigenvalue weighted by molar-refractivity contribution is -0.127. The number of carbonyl (C=O) groups is 1. The maximum Gasteiger partial charge on any atom is 0.320 e. The molecule has 0 radical (unpaired) electrons. The van der Waals surface area contributed by atoms with E-state index in [1.54, 1.807) is 4.90 Å². The number of likely N-dealkylation sites (N-methyl/N-ethyl adjacent to an activating group) is 1. The van der Waals surface area contributed by atoms with Crippen LogP contribution in [0.5, 0.6) is 6.01 Å². The lowest BCUT2D eigenvalue weighted by Gasteiger charge is -2.34. The first-order chi connectivity index (χ1) is 15.5. The molecule has 2 saturated heterocycles. The van der Waals surface area contributed by atoms with Gasteiger partial charge in [0.05, 0.1) is 6.20 Å². The van der Waals surface area contributed by atoms with E-state index in [9.17, 15) is 4.79 Å². The fourth-order valence-corrected chi connectivity index (χ4v) is 4.31. The molecule has 2 fully saturated rings. The first-order valence-electron chi connectivity index (χ1n) is 10.6. The molecule has 0 bridgehead atoms. The van der Waals surface area contributed by atoms with Gasteiger partial charge < -0.3 is 24.8 Å². The van der Waals surface area contributed by atoms with Gasteiger partial charge in [-0.15, -0.1) is 0 Å². The van der Waals surface area contributed by atoms with Crippen molar-refractivity contribution in [1.29, 1.82) is 5.26 Å². The average Bonchev–Trinajstić information content (AvgIpc) is 3.27. The van der Waals surface area contributed by atoms with Crippen molar-refractivity contribution < 1.29 is 9.53 Å². The molecule has 2 aliphatic rings. The van der Waals surface area contributed by atoms with Crippen LogP contribution in [0.15, 0.2) is 24.9 Å². The molecule has 11 heteroatoms. The molecular weight excluding hydrogens is 428 g/mol. The quantitative estimate of drug-likeness (QED) is 0.654. The average molecular weight is 455 g/mol. The number of nitrogens with zero attached hydrogens (tertiary/aromatic N) is 7. The Kier molecular flexibility index (Phi) is 6.82. The summed E-state index contributed by atoms with van der Waals surface area (Å²) >= 11 is 1.27. The minimum atomic E-state index is -0.0653. The van der Waals surface area contributed by atoms with Crippen LogP contribution in [0.3, 0.4) is 0 Å². The molecule has 1 N–H and O–H groups in total. The topological polar surface area (TPSA) is 111 Å². The molecular formula is C21H26N8O2S. The lowest BCUT2D eigenvalue weighted by atomic mass is 10.1. The number of nitrogens with one attached hydrogen (secondary N) is 1. The molecule has 168 valence electrons. The van der Waals surface area contributed by atoms with E-state index >= 15 is 0 Å². The number of piperazine rings is 1. The number of thiazole rings is 1.